The lowest BCUT2D eigenvalue weighted by molar-refractivity contribution is -0.127. The van der Waals surface area contributed by atoms with Gasteiger partial charge >= 0.3 is 0 Å². The molecule has 7 heteroatoms. The van der Waals surface area contributed by atoms with Crippen LogP contribution in [0.3, 0.4) is 0 Å². The van der Waals surface area contributed by atoms with E-state index in [0.717, 1.165) is 16.1 Å². The van der Waals surface area contributed by atoms with Gasteiger partial charge in [-0.05, 0) is 61.5 Å². The zero-order chi connectivity index (χ0) is 19.9. The average molecular weight is 398 g/mol. The molecule has 0 spiro atoms. The van der Waals surface area contributed by atoms with Crippen molar-refractivity contribution in [2.75, 3.05) is 13.2 Å². The third kappa shape index (κ3) is 5.29. The van der Waals surface area contributed by atoms with Crippen molar-refractivity contribution in [1.82, 2.24) is 15.5 Å². The average Bonchev–Trinajstić information content (AvgIpc) is 3.23. The lowest BCUT2D eigenvalue weighted by Crippen LogP contribution is -2.38. The second-order valence-electron chi connectivity index (χ2n) is 6.38. The number of nitrogens with zero attached hydrogens (tertiary/aromatic N) is 2. The van der Waals surface area contributed by atoms with E-state index in [2.05, 4.69) is 15.5 Å². The number of ether oxygens (including phenoxy) is 2. The minimum absolute atomic E-state index is 0.194. The summed E-state index contributed by atoms with van der Waals surface area (Å²) in [5.74, 6) is 0.915. The molecule has 0 radical (unpaired) electrons. The predicted molar refractivity (Wildman–Crippen MR) is 110 cm³/mol. The molecule has 6 nitrogen and oxygen atoms in total. The van der Waals surface area contributed by atoms with Gasteiger partial charge in [0.25, 0.3) is 5.91 Å². The third-order valence-corrected chi connectivity index (χ3v) is 5.12. The summed E-state index contributed by atoms with van der Waals surface area (Å²) in [4.78, 5) is 13.2. The molecule has 0 aliphatic carbocycles. The molecular formula is C21H23N3O3S. The molecule has 146 valence electrons. The summed E-state index contributed by atoms with van der Waals surface area (Å²) < 4.78 is 11.2. The highest BCUT2D eigenvalue weighted by atomic mass is 32.1. The highest BCUT2D eigenvalue weighted by Gasteiger charge is 2.14. The fourth-order valence-electron chi connectivity index (χ4n) is 2.47. The van der Waals surface area contributed by atoms with Gasteiger partial charge in [-0.3, -0.25) is 4.79 Å². The fourth-order valence-corrected chi connectivity index (χ4v) is 3.16. The first-order valence-corrected chi connectivity index (χ1v) is 9.93. The minimum atomic E-state index is -0.591. The molecule has 2 aromatic heterocycles. The smallest absolute Gasteiger partial charge is 0.260 e. The van der Waals surface area contributed by atoms with Crippen molar-refractivity contribution in [3.63, 3.8) is 0 Å². The molecule has 1 aromatic carbocycles. The Balaban J connectivity index is 1.40. The van der Waals surface area contributed by atoms with Gasteiger partial charge in [0.15, 0.2) is 6.10 Å². The molecule has 3 rings (SSSR count). The summed E-state index contributed by atoms with van der Waals surface area (Å²) in [5.41, 5.74) is 3.13. The Kier molecular flexibility index (Phi) is 6.60. The molecule has 1 unspecified atom stereocenters. The first-order valence-electron chi connectivity index (χ1n) is 9.05. The quantitative estimate of drug-likeness (QED) is 0.586. The normalized spacial score (nSPS) is 11.7. The molecule has 1 amide bonds. The van der Waals surface area contributed by atoms with E-state index in [4.69, 9.17) is 9.47 Å². The lowest BCUT2D eigenvalue weighted by atomic mass is 10.1. The van der Waals surface area contributed by atoms with Crippen LogP contribution in [-0.2, 0) is 4.79 Å². The van der Waals surface area contributed by atoms with Gasteiger partial charge in [0, 0.05) is 6.07 Å². The van der Waals surface area contributed by atoms with E-state index in [1.807, 2.05) is 55.6 Å². The van der Waals surface area contributed by atoms with Gasteiger partial charge in [-0.2, -0.15) is 0 Å². The Morgan fingerprint density at radius 2 is 2.00 bits per heavy atom. The standard InChI is InChI=1S/C21H23N3O3S/c1-14-6-7-17(13-15(14)2)27-16(3)21(25)22-10-11-26-20-9-8-18(23-24-20)19-5-4-12-28-19/h4-9,12-13,16H,10-11H2,1-3H3,(H,22,25). The number of aromatic nitrogens is 2. The second kappa shape index (κ2) is 9.32. The van der Waals surface area contributed by atoms with E-state index in [9.17, 15) is 4.79 Å². The summed E-state index contributed by atoms with van der Waals surface area (Å²) in [6, 6.07) is 13.4. The molecule has 0 saturated carbocycles. The Bertz CT molecular complexity index is 911. The Hall–Kier alpha value is -2.93. The van der Waals surface area contributed by atoms with E-state index in [-0.39, 0.29) is 5.91 Å². The van der Waals surface area contributed by atoms with Crippen LogP contribution in [0.5, 0.6) is 11.6 Å². The summed E-state index contributed by atoms with van der Waals surface area (Å²) in [6.45, 7) is 6.43. The number of hydrogen-bond acceptors (Lipinski definition) is 6. The molecule has 0 bridgehead atoms. The Labute approximate surface area is 168 Å². The highest BCUT2D eigenvalue weighted by Crippen LogP contribution is 2.22. The monoisotopic (exact) mass is 397 g/mol. The van der Waals surface area contributed by atoms with Crippen LogP contribution >= 0.6 is 11.3 Å². The zero-order valence-electron chi connectivity index (χ0n) is 16.1. The van der Waals surface area contributed by atoms with Gasteiger partial charge in [-0.15, -0.1) is 21.5 Å². The topological polar surface area (TPSA) is 73.3 Å². The van der Waals surface area contributed by atoms with E-state index < -0.39 is 6.10 Å². The van der Waals surface area contributed by atoms with E-state index in [1.54, 1.807) is 24.3 Å². The minimum Gasteiger partial charge on any atom is -0.481 e. The Morgan fingerprint density at radius 1 is 1.14 bits per heavy atom. The van der Waals surface area contributed by atoms with Crippen LogP contribution in [0.15, 0.2) is 47.8 Å². The van der Waals surface area contributed by atoms with Crippen molar-refractivity contribution in [1.29, 1.82) is 0 Å². The number of carbonyl (C=O) groups is 1. The SMILES string of the molecule is Cc1ccc(OC(C)C(=O)NCCOc2ccc(-c3cccs3)nn2)cc1C. The fraction of sp³-hybridized carbons (Fsp3) is 0.286. The molecule has 2 heterocycles. The number of rotatable bonds is 8. The van der Waals surface area contributed by atoms with Gasteiger partial charge in [-0.25, -0.2) is 0 Å². The van der Waals surface area contributed by atoms with E-state index in [0.29, 0.717) is 24.8 Å². The van der Waals surface area contributed by atoms with Crippen LogP contribution in [0.1, 0.15) is 18.1 Å². The molecule has 28 heavy (non-hydrogen) atoms. The van der Waals surface area contributed by atoms with Gasteiger partial charge in [-0.1, -0.05) is 12.1 Å². The van der Waals surface area contributed by atoms with E-state index >= 15 is 0 Å². The summed E-state index contributed by atoms with van der Waals surface area (Å²) in [6.07, 6.45) is -0.591. The molecule has 0 aliphatic heterocycles. The van der Waals surface area contributed by atoms with E-state index in [1.165, 1.54) is 5.56 Å². The number of thiophene rings is 1. The molecule has 0 saturated heterocycles. The van der Waals surface area contributed by atoms with Crippen molar-refractivity contribution >= 4 is 17.2 Å². The number of hydrogen-bond donors (Lipinski definition) is 1. The third-order valence-electron chi connectivity index (χ3n) is 4.23. The molecule has 1 N–H and O–H groups in total. The predicted octanol–water partition coefficient (Wildman–Crippen LogP) is 3.78. The van der Waals surface area contributed by atoms with Gasteiger partial charge < -0.3 is 14.8 Å². The number of carbonyl (C=O) groups excluding carboxylic acids is 1. The first kappa shape index (κ1) is 19.8. The van der Waals surface area contributed by atoms with Gasteiger partial charge in [0.2, 0.25) is 5.88 Å². The Morgan fingerprint density at radius 3 is 2.68 bits per heavy atom. The van der Waals surface area contributed by atoms with Gasteiger partial charge in [0.1, 0.15) is 18.1 Å². The summed E-state index contributed by atoms with van der Waals surface area (Å²) >= 11 is 1.61. The van der Waals surface area contributed by atoms with Crippen molar-refractivity contribution in [2.45, 2.75) is 26.9 Å². The summed E-state index contributed by atoms with van der Waals surface area (Å²) in [5, 5.41) is 13.0. The molecule has 3 aromatic rings. The lowest BCUT2D eigenvalue weighted by Gasteiger charge is -2.15. The molecular weight excluding hydrogens is 374 g/mol. The van der Waals surface area contributed by atoms with Crippen LogP contribution in [0.2, 0.25) is 0 Å². The maximum atomic E-state index is 12.2. The molecule has 1 atom stereocenters. The number of amides is 1. The largest absolute Gasteiger partial charge is 0.481 e. The number of aryl methyl sites for hydroxylation is 2. The van der Waals surface area contributed by atoms with Crippen molar-refractivity contribution in [3.05, 3.63) is 59.0 Å². The van der Waals surface area contributed by atoms with Crippen LogP contribution < -0.4 is 14.8 Å². The number of benzene rings is 1. The van der Waals surface area contributed by atoms with Crippen LogP contribution in [-0.4, -0.2) is 35.4 Å². The van der Waals surface area contributed by atoms with Crippen LogP contribution in [0.25, 0.3) is 10.6 Å². The number of nitrogens with one attached hydrogen (secondary N) is 1. The van der Waals surface area contributed by atoms with Crippen molar-refractivity contribution in [2.24, 2.45) is 0 Å². The maximum absolute atomic E-state index is 12.2. The second-order valence-corrected chi connectivity index (χ2v) is 7.33. The summed E-state index contributed by atoms with van der Waals surface area (Å²) in [7, 11) is 0. The first-order chi connectivity index (χ1) is 13.5. The zero-order valence-corrected chi connectivity index (χ0v) is 17.0. The highest BCUT2D eigenvalue weighted by molar-refractivity contribution is 7.13. The van der Waals surface area contributed by atoms with Crippen LogP contribution in [0, 0.1) is 13.8 Å². The van der Waals surface area contributed by atoms with Gasteiger partial charge in [0.05, 0.1) is 11.4 Å². The van der Waals surface area contributed by atoms with Crippen molar-refractivity contribution in [3.8, 4) is 22.2 Å². The molecule has 0 aliphatic rings. The van der Waals surface area contributed by atoms with Crippen LogP contribution in [0.4, 0.5) is 0 Å². The molecule has 0 fully saturated rings. The van der Waals surface area contributed by atoms with Crippen molar-refractivity contribution < 1.29 is 14.3 Å². The maximum Gasteiger partial charge on any atom is 0.260 e.